The number of nitrogens with zero attached hydrogens (tertiary/aromatic N) is 1. The summed E-state index contributed by atoms with van der Waals surface area (Å²) in [5.74, 6) is -0.298. The van der Waals surface area contributed by atoms with Crippen molar-refractivity contribution >= 4 is 5.97 Å². The third kappa shape index (κ3) is 6.08. The van der Waals surface area contributed by atoms with Crippen molar-refractivity contribution in [3.63, 3.8) is 0 Å². The Morgan fingerprint density at radius 2 is 2.00 bits per heavy atom. The molecule has 1 unspecified atom stereocenters. The minimum absolute atomic E-state index is 0.298. The lowest BCUT2D eigenvalue weighted by Gasteiger charge is -2.23. The molecule has 0 heterocycles. The average Bonchev–Trinajstić information content (AvgIpc) is 2.18. The van der Waals surface area contributed by atoms with E-state index in [0.29, 0.717) is 13.0 Å². The fraction of sp³-hybridized carbons (Fsp3) is 0.917. The molecule has 0 saturated carbocycles. The zero-order chi connectivity index (χ0) is 12.6. The van der Waals surface area contributed by atoms with Gasteiger partial charge in [-0.3, -0.25) is 4.79 Å². The van der Waals surface area contributed by atoms with Gasteiger partial charge in [-0.2, -0.15) is 0 Å². The summed E-state index contributed by atoms with van der Waals surface area (Å²) in [5.41, 5.74) is 5.07. The van der Waals surface area contributed by atoms with Gasteiger partial charge >= 0.3 is 5.97 Å². The van der Waals surface area contributed by atoms with E-state index >= 15 is 0 Å². The SMILES string of the molecule is CCCN(C)CCCC(C)(N)C(=O)OCC. The molecule has 4 heteroatoms. The van der Waals surface area contributed by atoms with Crippen LogP contribution in [0.15, 0.2) is 0 Å². The van der Waals surface area contributed by atoms with Crippen molar-refractivity contribution in [2.75, 3.05) is 26.7 Å². The highest BCUT2D eigenvalue weighted by molar-refractivity contribution is 5.79. The van der Waals surface area contributed by atoms with Crippen molar-refractivity contribution in [1.82, 2.24) is 4.90 Å². The summed E-state index contributed by atoms with van der Waals surface area (Å²) in [6.45, 7) is 8.14. The summed E-state index contributed by atoms with van der Waals surface area (Å²) in [5, 5.41) is 0. The fourth-order valence-corrected chi connectivity index (χ4v) is 1.61. The summed E-state index contributed by atoms with van der Waals surface area (Å²) >= 11 is 0. The van der Waals surface area contributed by atoms with Crippen LogP contribution in [0, 0.1) is 0 Å². The first kappa shape index (κ1) is 15.4. The van der Waals surface area contributed by atoms with Gasteiger partial charge < -0.3 is 15.4 Å². The zero-order valence-corrected chi connectivity index (χ0v) is 11.1. The largest absolute Gasteiger partial charge is 0.465 e. The maximum atomic E-state index is 11.5. The van der Waals surface area contributed by atoms with Gasteiger partial charge in [0.2, 0.25) is 0 Å². The number of nitrogens with two attached hydrogens (primary N) is 1. The van der Waals surface area contributed by atoms with Gasteiger partial charge in [-0.1, -0.05) is 6.92 Å². The second-order valence-corrected chi connectivity index (χ2v) is 4.54. The Labute approximate surface area is 99.1 Å². The lowest BCUT2D eigenvalue weighted by atomic mass is 9.97. The molecule has 0 aromatic heterocycles. The molecule has 4 nitrogen and oxygen atoms in total. The van der Waals surface area contributed by atoms with E-state index in [-0.39, 0.29) is 5.97 Å². The first-order valence-electron chi connectivity index (χ1n) is 6.08. The summed E-state index contributed by atoms with van der Waals surface area (Å²) in [4.78, 5) is 13.8. The summed E-state index contributed by atoms with van der Waals surface area (Å²) in [6.07, 6.45) is 2.73. The van der Waals surface area contributed by atoms with Crippen LogP contribution in [-0.4, -0.2) is 43.2 Å². The molecule has 0 aromatic rings. The molecule has 0 aromatic carbocycles. The molecule has 0 amide bonds. The Balaban J connectivity index is 3.85. The van der Waals surface area contributed by atoms with Crippen LogP contribution in [0.4, 0.5) is 0 Å². The van der Waals surface area contributed by atoms with E-state index in [2.05, 4.69) is 18.9 Å². The normalized spacial score (nSPS) is 14.9. The van der Waals surface area contributed by atoms with Gasteiger partial charge in [-0.15, -0.1) is 0 Å². The molecular weight excluding hydrogens is 204 g/mol. The molecule has 0 saturated heterocycles. The average molecular weight is 230 g/mol. The van der Waals surface area contributed by atoms with Crippen LogP contribution >= 0.6 is 0 Å². The van der Waals surface area contributed by atoms with Gasteiger partial charge in [0.1, 0.15) is 5.54 Å². The molecule has 0 rings (SSSR count). The number of carbonyl (C=O) groups is 1. The number of esters is 1. The summed E-state index contributed by atoms with van der Waals surface area (Å²) in [6, 6.07) is 0. The lowest BCUT2D eigenvalue weighted by molar-refractivity contribution is -0.149. The minimum Gasteiger partial charge on any atom is -0.465 e. The van der Waals surface area contributed by atoms with E-state index < -0.39 is 5.54 Å². The molecule has 96 valence electrons. The third-order valence-corrected chi connectivity index (χ3v) is 2.58. The van der Waals surface area contributed by atoms with Crippen LogP contribution < -0.4 is 5.73 Å². The van der Waals surface area contributed by atoms with Crippen molar-refractivity contribution in [2.24, 2.45) is 5.73 Å². The molecule has 0 aliphatic heterocycles. The summed E-state index contributed by atoms with van der Waals surface area (Å²) < 4.78 is 4.93. The maximum Gasteiger partial charge on any atom is 0.325 e. The Morgan fingerprint density at radius 1 is 1.38 bits per heavy atom. The Morgan fingerprint density at radius 3 is 2.50 bits per heavy atom. The quantitative estimate of drug-likeness (QED) is 0.640. The van der Waals surface area contributed by atoms with Crippen LogP contribution in [0.5, 0.6) is 0 Å². The monoisotopic (exact) mass is 230 g/mol. The highest BCUT2D eigenvalue weighted by Crippen LogP contribution is 2.11. The molecule has 1 atom stereocenters. The first-order chi connectivity index (χ1) is 7.44. The molecule has 0 aliphatic carbocycles. The van der Waals surface area contributed by atoms with Crippen molar-refractivity contribution in [3.8, 4) is 0 Å². The van der Waals surface area contributed by atoms with Crippen LogP contribution in [-0.2, 0) is 9.53 Å². The van der Waals surface area contributed by atoms with Crippen molar-refractivity contribution < 1.29 is 9.53 Å². The van der Waals surface area contributed by atoms with Gasteiger partial charge in [0.15, 0.2) is 0 Å². The Bertz CT molecular complexity index is 205. The number of rotatable bonds is 8. The Hall–Kier alpha value is -0.610. The number of carbonyl (C=O) groups excluding carboxylic acids is 1. The van der Waals surface area contributed by atoms with Gasteiger partial charge in [-0.05, 0) is 53.2 Å². The van der Waals surface area contributed by atoms with Crippen molar-refractivity contribution in [1.29, 1.82) is 0 Å². The first-order valence-corrected chi connectivity index (χ1v) is 6.08. The molecule has 0 aliphatic rings. The van der Waals surface area contributed by atoms with E-state index in [0.717, 1.165) is 25.9 Å². The van der Waals surface area contributed by atoms with Gasteiger partial charge in [0, 0.05) is 0 Å². The predicted octanol–water partition coefficient (Wildman–Crippen LogP) is 1.39. The summed E-state index contributed by atoms with van der Waals surface area (Å²) in [7, 11) is 2.09. The van der Waals surface area contributed by atoms with E-state index in [1.807, 2.05) is 0 Å². The second-order valence-electron chi connectivity index (χ2n) is 4.54. The topological polar surface area (TPSA) is 55.6 Å². The molecule has 0 bridgehead atoms. The van der Waals surface area contributed by atoms with E-state index in [1.165, 1.54) is 0 Å². The van der Waals surface area contributed by atoms with Gasteiger partial charge in [0.05, 0.1) is 6.61 Å². The maximum absolute atomic E-state index is 11.5. The van der Waals surface area contributed by atoms with Crippen LogP contribution in [0.1, 0.15) is 40.0 Å². The van der Waals surface area contributed by atoms with E-state index in [9.17, 15) is 4.79 Å². The minimum atomic E-state index is -0.844. The smallest absolute Gasteiger partial charge is 0.325 e. The van der Waals surface area contributed by atoms with Gasteiger partial charge in [-0.25, -0.2) is 0 Å². The highest BCUT2D eigenvalue weighted by Gasteiger charge is 2.29. The zero-order valence-electron chi connectivity index (χ0n) is 11.1. The Kier molecular flexibility index (Phi) is 7.34. The molecular formula is C12H26N2O2. The third-order valence-electron chi connectivity index (χ3n) is 2.58. The van der Waals surface area contributed by atoms with E-state index in [1.54, 1.807) is 13.8 Å². The van der Waals surface area contributed by atoms with Crippen LogP contribution in [0.2, 0.25) is 0 Å². The predicted molar refractivity (Wildman–Crippen MR) is 66.2 cm³/mol. The van der Waals surface area contributed by atoms with Crippen LogP contribution in [0.3, 0.4) is 0 Å². The van der Waals surface area contributed by atoms with Crippen LogP contribution in [0.25, 0.3) is 0 Å². The molecule has 0 spiro atoms. The number of hydrogen-bond donors (Lipinski definition) is 1. The fourth-order valence-electron chi connectivity index (χ4n) is 1.61. The molecule has 0 radical (unpaired) electrons. The standard InChI is InChI=1S/C12H26N2O2/c1-5-9-14(4)10-7-8-12(3,13)11(15)16-6-2/h5-10,13H2,1-4H3. The molecule has 2 N–H and O–H groups in total. The number of ether oxygens (including phenoxy) is 1. The van der Waals surface area contributed by atoms with Crippen molar-refractivity contribution in [3.05, 3.63) is 0 Å². The second kappa shape index (κ2) is 7.63. The molecule has 0 fully saturated rings. The molecule has 16 heavy (non-hydrogen) atoms. The number of hydrogen-bond acceptors (Lipinski definition) is 4. The van der Waals surface area contributed by atoms with Gasteiger partial charge in [0.25, 0.3) is 0 Å². The lowest BCUT2D eigenvalue weighted by Crippen LogP contribution is -2.46. The highest BCUT2D eigenvalue weighted by atomic mass is 16.5. The van der Waals surface area contributed by atoms with E-state index in [4.69, 9.17) is 10.5 Å². The van der Waals surface area contributed by atoms with Crippen molar-refractivity contribution in [2.45, 2.75) is 45.6 Å².